The summed E-state index contributed by atoms with van der Waals surface area (Å²) in [5.41, 5.74) is 2.91. The van der Waals surface area contributed by atoms with E-state index in [0.29, 0.717) is 58.7 Å². The van der Waals surface area contributed by atoms with E-state index in [1.807, 2.05) is 36.4 Å². The second-order valence-corrected chi connectivity index (χ2v) is 7.25. The molecule has 0 bridgehead atoms. The normalized spacial score (nSPS) is 19.9. The summed E-state index contributed by atoms with van der Waals surface area (Å²) in [7, 11) is 0. The van der Waals surface area contributed by atoms with Crippen molar-refractivity contribution < 1.29 is 23.7 Å². The molecule has 0 radical (unpaired) electrons. The number of nitrogens with zero attached hydrogens (tertiary/aromatic N) is 3. The molecule has 0 unspecified atom stereocenters. The maximum atomic E-state index is 5.71. The summed E-state index contributed by atoms with van der Waals surface area (Å²) in [5, 5.41) is 8.63. The van der Waals surface area contributed by atoms with Gasteiger partial charge in [-0.25, -0.2) is 0 Å². The lowest BCUT2D eigenvalue weighted by atomic mass is 10.1. The van der Waals surface area contributed by atoms with Crippen LogP contribution >= 0.6 is 0 Å². The van der Waals surface area contributed by atoms with Crippen LogP contribution in [-0.4, -0.2) is 65.9 Å². The van der Waals surface area contributed by atoms with E-state index in [4.69, 9.17) is 23.7 Å². The van der Waals surface area contributed by atoms with E-state index in [0.717, 1.165) is 42.9 Å². The van der Waals surface area contributed by atoms with Crippen molar-refractivity contribution in [1.82, 2.24) is 0 Å². The van der Waals surface area contributed by atoms with Crippen LogP contribution in [0.1, 0.15) is 12.8 Å². The van der Waals surface area contributed by atoms with Gasteiger partial charge in [-0.1, -0.05) is 6.08 Å². The molecule has 1 fully saturated rings. The number of rotatable bonds is 5. The first-order valence-electron chi connectivity index (χ1n) is 11.1. The molecular formula is C24H33N3O5. The van der Waals surface area contributed by atoms with Gasteiger partial charge in [0.15, 0.2) is 0 Å². The van der Waals surface area contributed by atoms with Crippen molar-refractivity contribution in [3.63, 3.8) is 0 Å². The summed E-state index contributed by atoms with van der Waals surface area (Å²) >= 11 is 0. The maximum Gasteiger partial charge on any atom is 0.237 e. The summed E-state index contributed by atoms with van der Waals surface area (Å²) in [4.78, 5) is 2.24. The highest BCUT2D eigenvalue weighted by molar-refractivity contribution is 5.52. The number of hydrogen-bond donors (Lipinski definition) is 0. The van der Waals surface area contributed by atoms with Gasteiger partial charge in [0.2, 0.25) is 5.88 Å². The van der Waals surface area contributed by atoms with Crippen LogP contribution < -0.4 is 4.90 Å². The van der Waals surface area contributed by atoms with Crippen LogP contribution in [-0.2, 0) is 23.7 Å². The van der Waals surface area contributed by atoms with Crippen molar-refractivity contribution in [3.8, 4) is 0 Å². The Balaban J connectivity index is 1.59. The Labute approximate surface area is 190 Å². The second-order valence-electron chi connectivity index (χ2n) is 7.25. The molecule has 2 aliphatic rings. The zero-order valence-corrected chi connectivity index (χ0v) is 18.6. The van der Waals surface area contributed by atoms with Crippen LogP contribution in [0.15, 0.2) is 70.9 Å². The summed E-state index contributed by atoms with van der Waals surface area (Å²) < 4.78 is 27.9. The summed E-state index contributed by atoms with van der Waals surface area (Å²) in [6.45, 7) is 10.00. The summed E-state index contributed by atoms with van der Waals surface area (Å²) in [6, 6.07) is 7.97. The van der Waals surface area contributed by atoms with Crippen molar-refractivity contribution in [2.45, 2.75) is 12.8 Å². The van der Waals surface area contributed by atoms with Crippen molar-refractivity contribution in [2.75, 3.05) is 70.8 Å². The number of hydrogen-bond acceptors (Lipinski definition) is 8. The Bertz CT molecular complexity index is 756. The predicted octanol–water partition coefficient (Wildman–Crippen LogP) is 4.38. The first kappa shape index (κ1) is 24.1. The molecule has 3 rings (SSSR count). The van der Waals surface area contributed by atoms with E-state index in [-0.39, 0.29) is 0 Å². The van der Waals surface area contributed by atoms with Crippen molar-refractivity contribution in [2.24, 2.45) is 10.2 Å². The molecule has 174 valence electrons. The van der Waals surface area contributed by atoms with Crippen LogP contribution in [0.25, 0.3) is 0 Å². The van der Waals surface area contributed by atoms with E-state index in [9.17, 15) is 0 Å². The maximum absolute atomic E-state index is 5.71. The molecule has 0 amide bonds. The topological polar surface area (TPSA) is 74.1 Å². The molecule has 2 aliphatic heterocycles. The van der Waals surface area contributed by atoms with Crippen LogP contribution in [0.5, 0.6) is 0 Å². The van der Waals surface area contributed by atoms with Gasteiger partial charge < -0.3 is 28.6 Å². The Morgan fingerprint density at radius 1 is 0.812 bits per heavy atom. The number of allylic oxidation sites excluding steroid dienone is 3. The second kappa shape index (κ2) is 14.5. The average Bonchev–Trinajstić information content (AvgIpc) is 2.83. The van der Waals surface area contributed by atoms with E-state index in [1.165, 1.54) is 0 Å². The Morgan fingerprint density at radius 3 is 2.00 bits per heavy atom. The van der Waals surface area contributed by atoms with Gasteiger partial charge in [0, 0.05) is 24.4 Å². The van der Waals surface area contributed by atoms with Gasteiger partial charge in [-0.2, -0.15) is 0 Å². The quantitative estimate of drug-likeness (QED) is 0.497. The molecule has 0 spiro atoms. The SMILES string of the molecule is C=CCC1=C(N=Nc2ccc(N3CCOCCOCCOCCOCC3)cc2)OC=CC1. The summed E-state index contributed by atoms with van der Waals surface area (Å²) in [5.74, 6) is 0.546. The van der Waals surface area contributed by atoms with Crippen molar-refractivity contribution in [1.29, 1.82) is 0 Å². The lowest BCUT2D eigenvalue weighted by Gasteiger charge is -2.25. The minimum Gasteiger partial charge on any atom is -0.446 e. The molecule has 0 atom stereocenters. The molecule has 8 heteroatoms. The van der Waals surface area contributed by atoms with Gasteiger partial charge in [0.25, 0.3) is 0 Å². The van der Waals surface area contributed by atoms with Gasteiger partial charge >= 0.3 is 0 Å². The molecule has 0 N–H and O–H groups in total. The molecule has 0 saturated carbocycles. The molecule has 8 nitrogen and oxygen atoms in total. The van der Waals surface area contributed by atoms with Gasteiger partial charge in [0.05, 0.1) is 64.8 Å². The van der Waals surface area contributed by atoms with Crippen molar-refractivity contribution >= 4 is 11.4 Å². The van der Waals surface area contributed by atoms with E-state index >= 15 is 0 Å². The highest BCUT2D eigenvalue weighted by Gasteiger charge is 2.10. The zero-order valence-electron chi connectivity index (χ0n) is 18.6. The first-order chi connectivity index (χ1) is 15.9. The molecule has 2 heterocycles. The molecule has 0 aliphatic carbocycles. The lowest BCUT2D eigenvalue weighted by molar-refractivity contribution is 0.00206. The van der Waals surface area contributed by atoms with E-state index in [2.05, 4.69) is 21.7 Å². The third-order valence-corrected chi connectivity index (χ3v) is 4.93. The smallest absolute Gasteiger partial charge is 0.237 e. The molecule has 1 aromatic rings. The fourth-order valence-corrected chi connectivity index (χ4v) is 3.23. The fraction of sp³-hybridized carbons (Fsp3) is 0.500. The lowest BCUT2D eigenvalue weighted by Crippen LogP contribution is -2.31. The summed E-state index contributed by atoms with van der Waals surface area (Å²) in [6.07, 6.45) is 6.99. The zero-order chi connectivity index (χ0) is 22.3. The van der Waals surface area contributed by atoms with E-state index in [1.54, 1.807) is 6.26 Å². The minimum atomic E-state index is 0.546. The fourth-order valence-electron chi connectivity index (χ4n) is 3.23. The predicted molar refractivity (Wildman–Crippen MR) is 123 cm³/mol. The third-order valence-electron chi connectivity index (χ3n) is 4.93. The molecule has 1 saturated heterocycles. The number of azo groups is 1. The van der Waals surface area contributed by atoms with Crippen LogP contribution in [0.3, 0.4) is 0 Å². The van der Waals surface area contributed by atoms with Crippen molar-refractivity contribution in [3.05, 3.63) is 60.7 Å². The standard InChI is InChI=1S/C24H33N3O5/c1-2-4-21-5-3-12-32-24(21)26-25-22-6-8-23(9-7-22)27-10-13-28-15-17-30-19-20-31-18-16-29-14-11-27/h2-3,6-9,12H,1,4-5,10-11,13-20H2. The number of ether oxygens (including phenoxy) is 5. The average molecular weight is 444 g/mol. The molecular weight excluding hydrogens is 410 g/mol. The van der Waals surface area contributed by atoms with Gasteiger partial charge in [-0.05, 0) is 43.2 Å². The monoisotopic (exact) mass is 443 g/mol. The minimum absolute atomic E-state index is 0.546. The Morgan fingerprint density at radius 2 is 1.41 bits per heavy atom. The highest BCUT2D eigenvalue weighted by atomic mass is 16.6. The van der Waals surface area contributed by atoms with E-state index < -0.39 is 0 Å². The van der Waals surface area contributed by atoms with Crippen LogP contribution in [0.4, 0.5) is 11.4 Å². The van der Waals surface area contributed by atoms with Crippen LogP contribution in [0, 0.1) is 0 Å². The third kappa shape index (κ3) is 8.55. The first-order valence-corrected chi connectivity index (χ1v) is 11.1. The van der Waals surface area contributed by atoms with Crippen LogP contribution in [0.2, 0.25) is 0 Å². The Hall–Kier alpha value is -2.52. The number of anilines is 1. The van der Waals surface area contributed by atoms with Gasteiger partial charge in [-0.15, -0.1) is 16.8 Å². The molecule has 0 aromatic heterocycles. The van der Waals surface area contributed by atoms with Gasteiger partial charge in [0.1, 0.15) is 0 Å². The Kier molecular flexibility index (Phi) is 11.0. The molecule has 32 heavy (non-hydrogen) atoms. The molecule has 1 aromatic carbocycles. The largest absolute Gasteiger partial charge is 0.446 e. The van der Waals surface area contributed by atoms with Gasteiger partial charge in [-0.3, -0.25) is 0 Å². The highest BCUT2D eigenvalue weighted by Crippen LogP contribution is 2.25. The number of benzene rings is 1.